The number of carbonyl (C=O) groups excluding carboxylic acids is 1. The van der Waals surface area contributed by atoms with Crippen molar-refractivity contribution in [1.29, 1.82) is 0 Å². The van der Waals surface area contributed by atoms with Gasteiger partial charge in [-0.3, -0.25) is 4.79 Å². The Morgan fingerprint density at radius 1 is 1.47 bits per heavy atom. The molecule has 0 radical (unpaired) electrons. The van der Waals surface area contributed by atoms with Crippen LogP contribution in [-0.2, 0) is 0 Å². The van der Waals surface area contributed by atoms with E-state index in [9.17, 15) is 4.79 Å². The molecule has 4 heteroatoms. The van der Waals surface area contributed by atoms with E-state index < -0.39 is 0 Å². The first-order valence-corrected chi connectivity index (χ1v) is 6.20. The van der Waals surface area contributed by atoms with Crippen molar-refractivity contribution in [3.05, 3.63) is 27.7 Å². The maximum Gasteiger partial charge on any atom is 0.179 e. The molecule has 0 fully saturated rings. The molecule has 1 rings (SSSR count). The summed E-state index contributed by atoms with van der Waals surface area (Å²) in [5, 5.41) is 0. The number of hydrogen-bond donors (Lipinski definition) is 0. The lowest BCUT2D eigenvalue weighted by atomic mass is 10.1. The van der Waals surface area contributed by atoms with Crippen molar-refractivity contribution in [2.75, 3.05) is 7.11 Å². The molecule has 0 aliphatic carbocycles. The first kappa shape index (κ1) is 12.7. The summed E-state index contributed by atoms with van der Waals surface area (Å²) in [4.78, 5) is 11.6. The Bertz CT molecular complexity index is 386. The minimum atomic E-state index is -0.207. The van der Waals surface area contributed by atoms with Crippen molar-refractivity contribution in [2.24, 2.45) is 0 Å². The topological polar surface area (TPSA) is 26.3 Å². The van der Waals surface area contributed by atoms with E-state index in [-0.39, 0.29) is 10.6 Å². The molecule has 15 heavy (non-hydrogen) atoms. The van der Waals surface area contributed by atoms with Gasteiger partial charge in [0.1, 0.15) is 5.75 Å². The highest BCUT2D eigenvalue weighted by Gasteiger charge is 2.18. The third-order valence-corrected chi connectivity index (χ3v) is 3.38. The maximum atomic E-state index is 11.8. The van der Waals surface area contributed by atoms with Crippen molar-refractivity contribution in [2.45, 2.75) is 18.7 Å². The van der Waals surface area contributed by atoms with E-state index in [1.54, 1.807) is 20.1 Å². The molecule has 0 saturated carbocycles. The molecule has 82 valence electrons. The van der Waals surface area contributed by atoms with E-state index in [1.165, 1.54) is 0 Å². The molecular formula is C11H12Br2O2. The second-order valence-electron chi connectivity index (χ2n) is 3.28. The predicted octanol–water partition coefficient (Wildman–Crippen LogP) is 3.73. The number of Topliss-reactive ketones (excluding diaryl/α,β-unsaturated/α-hetero) is 1. The summed E-state index contributed by atoms with van der Waals surface area (Å²) in [5.74, 6) is 0.638. The zero-order valence-corrected chi connectivity index (χ0v) is 12.0. The molecular weight excluding hydrogens is 324 g/mol. The lowest BCUT2D eigenvalue weighted by molar-refractivity contribution is 0.0993. The monoisotopic (exact) mass is 334 g/mol. The molecule has 1 aromatic rings. The van der Waals surface area contributed by atoms with E-state index in [0.29, 0.717) is 11.3 Å². The largest absolute Gasteiger partial charge is 0.496 e. The van der Waals surface area contributed by atoms with Crippen LogP contribution in [0.4, 0.5) is 0 Å². The molecule has 0 aromatic heterocycles. The second-order valence-corrected chi connectivity index (χ2v) is 5.51. The number of hydrogen-bond acceptors (Lipinski definition) is 2. The van der Waals surface area contributed by atoms with E-state index in [2.05, 4.69) is 31.9 Å². The lowest BCUT2D eigenvalue weighted by Gasteiger charge is -2.11. The standard InChI is InChI=1S/C11H12Br2O2/c1-6-4-10(15-3)8(5-9(6)13)11(14)7(2)12/h4-5,7H,1-3H3. The van der Waals surface area contributed by atoms with Crippen LogP contribution in [0.1, 0.15) is 22.8 Å². The molecule has 0 spiro atoms. The van der Waals surface area contributed by atoms with Gasteiger partial charge in [0.05, 0.1) is 17.5 Å². The van der Waals surface area contributed by atoms with Gasteiger partial charge in [-0.25, -0.2) is 0 Å². The summed E-state index contributed by atoms with van der Waals surface area (Å²) >= 11 is 6.67. The van der Waals surface area contributed by atoms with E-state index in [0.717, 1.165) is 10.0 Å². The predicted molar refractivity (Wildman–Crippen MR) is 68.2 cm³/mol. The molecule has 0 saturated heterocycles. The van der Waals surface area contributed by atoms with Gasteiger partial charge in [-0.05, 0) is 31.5 Å². The Balaban J connectivity index is 3.27. The van der Waals surface area contributed by atoms with Crippen LogP contribution < -0.4 is 4.74 Å². The van der Waals surface area contributed by atoms with Gasteiger partial charge in [-0.1, -0.05) is 31.9 Å². The van der Waals surface area contributed by atoms with Crippen molar-refractivity contribution in [1.82, 2.24) is 0 Å². The third-order valence-electron chi connectivity index (χ3n) is 2.11. The maximum absolute atomic E-state index is 11.8. The van der Waals surface area contributed by atoms with Crippen LogP contribution in [-0.4, -0.2) is 17.7 Å². The summed E-state index contributed by atoms with van der Waals surface area (Å²) in [5.41, 5.74) is 1.64. The summed E-state index contributed by atoms with van der Waals surface area (Å²) in [7, 11) is 1.57. The summed E-state index contributed by atoms with van der Waals surface area (Å²) < 4.78 is 6.11. The molecule has 1 atom stereocenters. The van der Waals surface area contributed by atoms with Gasteiger partial charge in [0.2, 0.25) is 0 Å². The van der Waals surface area contributed by atoms with E-state index >= 15 is 0 Å². The fourth-order valence-corrected chi connectivity index (χ4v) is 1.82. The number of rotatable bonds is 3. The number of aryl methyl sites for hydroxylation is 1. The van der Waals surface area contributed by atoms with Gasteiger partial charge >= 0.3 is 0 Å². The Morgan fingerprint density at radius 3 is 2.53 bits per heavy atom. The SMILES string of the molecule is COc1cc(C)c(Br)cc1C(=O)C(C)Br. The van der Waals surface area contributed by atoms with Crippen LogP contribution in [0.15, 0.2) is 16.6 Å². The number of halogens is 2. The minimum absolute atomic E-state index is 0.0209. The smallest absolute Gasteiger partial charge is 0.179 e. The number of carbonyl (C=O) groups is 1. The average Bonchev–Trinajstić information content (AvgIpc) is 2.20. The normalized spacial score (nSPS) is 12.3. The fraction of sp³-hybridized carbons (Fsp3) is 0.364. The Hall–Kier alpha value is -0.350. The number of ketones is 1. The van der Waals surface area contributed by atoms with Crippen molar-refractivity contribution in [3.8, 4) is 5.75 Å². The highest BCUT2D eigenvalue weighted by Crippen LogP contribution is 2.28. The van der Waals surface area contributed by atoms with E-state index in [4.69, 9.17) is 4.74 Å². The van der Waals surface area contributed by atoms with Crippen LogP contribution in [0.25, 0.3) is 0 Å². The van der Waals surface area contributed by atoms with E-state index in [1.807, 2.05) is 13.0 Å². The lowest BCUT2D eigenvalue weighted by Crippen LogP contribution is -2.11. The van der Waals surface area contributed by atoms with Gasteiger partial charge in [0.15, 0.2) is 5.78 Å². The molecule has 0 amide bonds. The van der Waals surface area contributed by atoms with Crippen LogP contribution in [0.5, 0.6) is 5.75 Å². The molecule has 1 aromatic carbocycles. The Labute approximate surface area is 106 Å². The molecule has 0 aliphatic heterocycles. The zero-order valence-electron chi connectivity index (χ0n) is 8.80. The number of benzene rings is 1. The van der Waals surface area contributed by atoms with Crippen molar-refractivity contribution < 1.29 is 9.53 Å². The molecule has 0 bridgehead atoms. The van der Waals surface area contributed by atoms with Gasteiger partial charge in [-0.15, -0.1) is 0 Å². The second kappa shape index (κ2) is 5.12. The summed E-state index contributed by atoms with van der Waals surface area (Å²) in [6.45, 7) is 3.76. The van der Waals surface area contributed by atoms with Crippen molar-refractivity contribution in [3.63, 3.8) is 0 Å². The Kier molecular flexibility index (Phi) is 4.34. The average molecular weight is 336 g/mol. The van der Waals surface area contributed by atoms with Crippen LogP contribution in [0.3, 0.4) is 0 Å². The summed E-state index contributed by atoms with van der Waals surface area (Å²) in [6.07, 6.45) is 0. The van der Waals surface area contributed by atoms with Crippen LogP contribution >= 0.6 is 31.9 Å². The van der Waals surface area contributed by atoms with Crippen LogP contribution in [0, 0.1) is 6.92 Å². The minimum Gasteiger partial charge on any atom is -0.496 e. The van der Waals surface area contributed by atoms with Crippen LogP contribution in [0.2, 0.25) is 0 Å². The number of ether oxygens (including phenoxy) is 1. The Morgan fingerprint density at radius 2 is 2.07 bits per heavy atom. The number of alkyl halides is 1. The molecule has 0 N–H and O–H groups in total. The first-order chi connectivity index (χ1) is 6.97. The highest BCUT2D eigenvalue weighted by molar-refractivity contribution is 9.10. The van der Waals surface area contributed by atoms with Gasteiger partial charge in [0, 0.05) is 4.47 Å². The van der Waals surface area contributed by atoms with Gasteiger partial charge < -0.3 is 4.74 Å². The van der Waals surface area contributed by atoms with Crippen molar-refractivity contribution >= 4 is 37.6 Å². The zero-order chi connectivity index (χ0) is 11.6. The first-order valence-electron chi connectivity index (χ1n) is 4.49. The molecule has 0 aliphatic rings. The summed E-state index contributed by atoms with van der Waals surface area (Å²) in [6, 6.07) is 3.65. The fourth-order valence-electron chi connectivity index (χ4n) is 1.23. The quantitative estimate of drug-likeness (QED) is 0.621. The van der Waals surface area contributed by atoms with Gasteiger partial charge in [-0.2, -0.15) is 0 Å². The van der Waals surface area contributed by atoms with Gasteiger partial charge in [0.25, 0.3) is 0 Å². The molecule has 0 heterocycles. The third kappa shape index (κ3) is 2.82. The molecule has 1 unspecified atom stereocenters. The molecule has 2 nitrogen and oxygen atoms in total. The number of methoxy groups -OCH3 is 1. The highest BCUT2D eigenvalue weighted by atomic mass is 79.9.